The van der Waals surface area contributed by atoms with E-state index in [4.69, 9.17) is 12.2 Å². The maximum absolute atomic E-state index is 12.3. The highest BCUT2D eigenvalue weighted by atomic mass is 32.1. The number of rotatable bonds is 5. The van der Waals surface area contributed by atoms with Gasteiger partial charge in [0.15, 0.2) is 5.11 Å². The van der Waals surface area contributed by atoms with E-state index in [1.54, 1.807) is 24.3 Å². The van der Waals surface area contributed by atoms with Crippen molar-refractivity contribution in [2.75, 3.05) is 11.9 Å². The number of amides is 3. The van der Waals surface area contributed by atoms with E-state index >= 15 is 0 Å². The number of anilines is 1. The molecule has 0 saturated heterocycles. The Morgan fingerprint density at radius 2 is 1.57 bits per heavy atom. The number of para-hydroxylation sites is 1. The monoisotopic (exact) mass is 395 g/mol. The summed E-state index contributed by atoms with van der Waals surface area (Å²) >= 11 is 5.22. The van der Waals surface area contributed by atoms with Crippen molar-refractivity contribution in [3.8, 4) is 0 Å². The quantitative estimate of drug-likeness (QED) is 0.600. The van der Waals surface area contributed by atoms with Crippen LogP contribution in [0.5, 0.6) is 0 Å². The largest absolute Gasteiger partial charge is 0.332 e. The molecule has 7 heteroatoms. The zero-order valence-electron chi connectivity index (χ0n) is 15.7. The zero-order valence-corrected chi connectivity index (χ0v) is 16.5. The van der Waals surface area contributed by atoms with E-state index in [2.05, 4.69) is 24.5 Å². The fourth-order valence-electron chi connectivity index (χ4n) is 3.11. The van der Waals surface area contributed by atoms with Gasteiger partial charge in [-0.1, -0.05) is 44.2 Å². The molecule has 0 aliphatic carbocycles. The Balaban J connectivity index is 1.55. The molecule has 0 fully saturated rings. The summed E-state index contributed by atoms with van der Waals surface area (Å²) in [6.45, 7) is 4.15. The van der Waals surface area contributed by atoms with Gasteiger partial charge >= 0.3 is 0 Å². The first kappa shape index (κ1) is 19.7. The first-order valence-electron chi connectivity index (χ1n) is 9.03. The number of fused-ring (bicyclic) bond motifs is 1. The van der Waals surface area contributed by atoms with E-state index in [9.17, 15) is 14.4 Å². The molecule has 0 spiro atoms. The van der Waals surface area contributed by atoms with Crippen LogP contribution >= 0.6 is 12.2 Å². The molecule has 0 aromatic heterocycles. The summed E-state index contributed by atoms with van der Waals surface area (Å²) < 4.78 is 0. The smallest absolute Gasteiger partial charge is 0.261 e. The van der Waals surface area contributed by atoms with E-state index in [1.807, 2.05) is 24.3 Å². The number of benzene rings is 2. The second kappa shape index (κ2) is 8.31. The van der Waals surface area contributed by atoms with Gasteiger partial charge in [-0.05, 0) is 41.9 Å². The SMILES string of the molecule is CC(C)c1ccccc1NC(=S)NC(=O)CCN1C(=O)c2ccccc2C1=O. The molecule has 0 unspecified atom stereocenters. The second-order valence-electron chi connectivity index (χ2n) is 6.80. The van der Waals surface area contributed by atoms with Crippen LogP contribution in [0.1, 0.15) is 52.5 Å². The van der Waals surface area contributed by atoms with Crippen LogP contribution in [0.2, 0.25) is 0 Å². The van der Waals surface area contributed by atoms with Crippen molar-refractivity contribution in [3.63, 3.8) is 0 Å². The summed E-state index contributed by atoms with van der Waals surface area (Å²) in [7, 11) is 0. The van der Waals surface area contributed by atoms with Gasteiger partial charge in [-0.25, -0.2) is 0 Å². The van der Waals surface area contributed by atoms with E-state index in [0.29, 0.717) is 17.0 Å². The third-order valence-electron chi connectivity index (χ3n) is 4.52. The van der Waals surface area contributed by atoms with Gasteiger partial charge in [0, 0.05) is 18.7 Å². The van der Waals surface area contributed by atoms with Crippen molar-refractivity contribution in [2.45, 2.75) is 26.2 Å². The lowest BCUT2D eigenvalue weighted by molar-refractivity contribution is -0.119. The maximum atomic E-state index is 12.3. The third kappa shape index (κ3) is 4.09. The maximum Gasteiger partial charge on any atom is 0.261 e. The summed E-state index contributed by atoms with van der Waals surface area (Å²) in [6, 6.07) is 14.4. The van der Waals surface area contributed by atoms with Crippen LogP contribution in [0.15, 0.2) is 48.5 Å². The molecule has 6 nitrogen and oxygen atoms in total. The van der Waals surface area contributed by atoms with Crippen molar-refractivity contribution < 1.29 is 14.4 Å². The molecule has 1 aliphatic rings. The normalized spacial score (nSPS) is 12.9. The minimum atomic E-state index is -0.375. The Morgan fingerprint density at radius 3 is 2.18 bits per heavy atom. The Bertz CT molecular complexity index is 920. The van der Waals surface area contributed by atoms with Crippen LogP contribution < -0.4 is 10.6 Å². The molecule has 2 aromatic rings. The molecule has 3 amide bonds. The highest BCUT2D eigenvalue weighted by Gasteiger charge is 2.34. The van der Waals surface area contributed by atoms with Gasteiger partial charge in [0.2, 0.25) is 5.91 Å². The minimum Gasteiger partial charge on any atom is -0.332 e. The lowest BCUT2D eigenvalue weighted by Gasteiger charge is -2.16. The van der Waals surface area contributed by atoms with E-state index < -0.39 is 0 Å². The van der Waals surface area contributed by atoms with Crippen LogP contribution in [0.25, 0.3) is 0 Å². The molecule has 2 N–H and O–H groups in total. The van der Waals surface area contributed by atoms with Gasteiger partial charge in [0.05, 0.1) is 11.1 Å². The number of nitrogens with zero attached hydrogens (tertiary/aromatic N) is 1. The van der Waals surface area contributed by atoms with Gasteiger partial charge in [-0.2, -0.15) is 0 Å². The number of nitrogens with one attached hydrogen (secondary N) is 2. The molecule has 0 atom stereocenters. The van der Waals surface area contributed by atoms with Gasteiger partial charge in [-0.3, -0.25) is 19.3 Å². The number of imide groups is 1. The molecule has 28 heavy (non-hydrogen) atoms. The van der Waals surface area contributed by atoms with E-state index in [0.717, 1.165) is 16.2 Å². The van der Waals surface area contributed by atoms with Gasteiger partial charge < -0.3 is 10.6 Å². The summed E-state index contributed by atoms with van der Waals surface area (Å²) in [5, 5.41) is 5.82. The summed E-state index contributed by atoms with van der Waals surface area (Å²) in [6.07, 6.45) is -0.0287. The summed E-state index contributed by atoms with van der Waals surface area (Å²) in [5.41, 5.74) is 2.67. The summed E-state index contributed by atoms with van der Waals surface area (Å²) in [5.74, 6) is -0.813. The molecule has 1 aliphatic heterocycles. The predicted octanol–water partition coefficient (Wildman–Crippen LogP) is 3.31. The molecular weight excluding hydrogens is 374 g/mol. The predicted molar refractivity (Wildman–Crippen MR) is 111 cm³/mol. The summed E-state index contributed by atoms with van der Waals surface area (Å²) in [4.78, 5) is 37.9. The van der Waals surface area contributed by atoms with Gasteiger partial charge in [-0.15, -0.1) is 0 Å². The topological polar surface area (TPSA) is 78.5 Å². The standard InChI is InChI=1S/C21H21N3O3S/c1-13(2)14-7-5-6-10-17(14)22-21(28)23-18(25)11-12-24-19(26)15-8-3-4-9-16(15)20(24)27/h3-10,13H,11-12H2,1-2H3,(H2,22,23,25,28). The average Bonchev–Trinajstić information content (AvgIpc) is 2.91. The Kier molecular flexibility index (Phi) is 5.84. The van der Waals surface area contributed by atoms with Crippen molar-refractivity contribution in [2.24, 2.45) is 0 Å². The van der Waals surface area contributed by atoms with E-state index in [1.165, 1.54) is 0 Å². The lowest BCUT2D eigenvalue weighted by atomic mass is 10.0. The fraction of sp³-hybridized carbons (Fsp3) is 0.238. The van der Waals surface area contributed by atoms with Crippen LogP contribution in [0.4, 0.5) is 5.69 Å². The highest BCUT2D eigenvalue weighted by Crippen LogP contribution is 2.24. The molecule has 0 bridgehead atoms. The lowest BCUT2D eigenvalue weighted by Crippen LogP contribution is -2.38. The van der Waals surface area contributed by atoms with Crippen LogP contribution in [-0.2, 0) is 4.79 Å². The first-order chi connectivity index (χ1) is 13.4. The molecule has 0 saturated carbocycles. The number of hydrogen-bond acceptors (Lipinski definition) is 4. The average molecular weight is 395 g/mol. The van der Waals surface area contributed by atoms with E-state index in [-0.39, 0.29) is 35.8 Å². The van der Waals surface area contributed by atoms with Gasteiger partial charge in [0.1, 0.15) is 0 Å². The van der Waals surface area contributed by atoms with Crippen LogP contribution in [0.3, 0.4) is 0 Å². The Hall–Kier alpha value is -3.06. The van der Waals surface area contributed by atoms with Crippen molar-refractivity contribution in [1.82, 2.24) is 10.2 Å². The first-order valence-corrected chi connectivity index (χ1v) is 9.44. The number of thiocarbonyl (C=S) groups is 1. The molecule has 144 valence electrons. The molecule has 2 aromatic carbocycles. The van der Waals surface area contributed by atoms with Crippen molar-refractivity contribution >= 4 is 40.7 Å². The fourth-order valence-corrected chi connectivity index (χ4v) is 3.34. The van der Waals surface area contributed by atoms with Crippen LogP contribution in [-0.4, -0.2) is 34.3 Å². The second-order valence-corrected chi connectivity index (χ2v) is 7.21. The van der Waals surface area contributed by atoms with Crippen LogP contribution in [0, 0.1) is 0 Å². The zero-order chi connectivity index (χ0) is 20.3. The Labute approximate surface area is 168 Å². The van der Waals surface area contributed by atoms with Gasteiger partial charge in [0.25, 0.3) is 11.8 Å². The molecule has 3 rings (SSSR count). The Morgan fingerprint density at radius 1 is 1.00 bits per heavy atom. The number of hydrogen-bond donors (Lipinski definition) is 2. The van der Waals surface area contributed by atoms with Crippen molar-refractivity contribution in [3.05, 3.63) is 65.2 Å². The third-order valence-corrected chi connectivity index (χ3v) is 4.73. The molecular formula is C21H21N3O3S. The number of carbonyl (C=O) groups excluding carboxylic acids is 3. The highest BCUT2D eigenvalue weighted by molar-refractivity contribution is 7.80. The molecule has 0 radical (unpaired) electrons. The molecule has 1 heterocycles. The minimum absolute atomic E-state index is 0.00335. The number of carbonyl (C=O) groups is 3. The van der Waals surface area contributed by atoms with Crippen molar-refractivity contribution in [1.29, 1.82) is 0 Å².